The second-order valence-electron chi connectivity index (χ2n) is 5.81. The van der Waals surface area contributed by atoms with Crippen LogP contribution >= 0.6 is 0 Å². The Morgan fingerprint density at radius 1 is 1.45 bits per heavy atom. The first-order valence-corrected chi connectivity index (χ1v) is 7.32. The van der Waals surface area contributed by atoms with E-state index >= 15 is 0 Å². The highest BCUT2D eigenvalue weighted by atomic mass is 16.2. The molecule has 0 aromatic heterocycles. The van der Waals surface area contributed by atoms with Crippen LogP contribution in [0.1, 0.15) is 36.9 Å². The third kappa shape index (κ3) is 3.31. The van der Waals surface area contributed by atoms with Crippen molar-refractivity contribution in [2.75, 3.05) is 32.1 Å². The van der Waals surface area contributed by atoms with E-state index in [0.29, 0.717) is 6.42 Å². The number of amides is 1. The third-order valence-corrected chi connectivity index (χ3v) is 3.94. The normalized spacial score (nSPS) is 15.1. The van der Waals surface area contributed by atoms with Crippen molar-refractivity contribution in [2.45, 2.75) is 32.2 Å². The molecule has 1 unspecified atom stereocenters. The van der Waals surface area contributed by atoms with Crippen LogP contribution in [0.4, 0.5) is 5.69 Å². The number of nitrogens with zero attached hydrogens (tertiary/aromatic N) is 2. The summed E-state index contributed by atoms with van der Waals surface area (Å²) in [6.45, 7) is 4.01. The number of fused-ring (bicyclic) bond motifs is 1. The van der Waals surface area contributed by atoms with E-state index in [0.717, 1.165) is 25.9 Å². The van der Waals surface area contributed by atoms with Crippen molar-refractivity contribution < 1.29 is 4.79 Å². The molecular formula is C16H25N3O. The lowest BCUT2D eigenvalue weighted by atomic mass is 10.0. The van der Waals surface area contributed by atoms with Crippen LogP contribution in [0.2, 0.25) is 0 Å². The van der Waals surface area contributed by atoms with E-state index in [1.807, 2.05) is 21.0 Å². The monoisotopic (exact) mass is 275 g/mol. The topological polar surface area (TPSA) is 49.6 Å². The molecule has 1 aromatic rings. The van der Waals surface area contributed by atoms with Crippen molar-refractivity contribution in [3.05, 3.63) is 29.3 Å². The van der Waals surface area contributed by atoms with Crippen LogP contribution in [0.25, 0.3) is 0 Å². The van der Waals surface area contributed by atoms with Crippen molar-refractivity contribution in [3.8, 4) is 0 Å². The maximum Gasteiger partial charge on any atom is 0.222 e. The quantitative estimate of drug-likeness (QED) is 0.893. The number of hydrogen-bond donors (Lipinski definition) is 1. The zero-order chi connectivity index (χ0) is 14.7. The minimum Gasteiger partial charge on any atom is -0.371 e. The molecule has 2 N–H and O–H groups in total. The van der Waals surface area contributed by atoms with Crippen LogP contribution in [-0.4, -0.2) is 38.0 Å². The SMILES string of the molecule is CC(N)c1ccc2c(c1)CCN2CCCC(=O)N(C)C. The minimum absolute atomic E-state index is 0.0899. The molecule has 2 rings (SSSR count). The van der Waals surface area contributed by atoms with Gasteiger partial charge in [-0.1, -0.05) is 12.1 Å². The van der Waals surface area contributed by atoms with E-state index < -0.39 is 0 Å². The van der Waals surface area contributed by atoms with Gasteiger partial charge in [0.2, 0.25) is 5.91 Å². The zero-order valence-corrected chi connectivity index (χ0v) is 12.7. The highest BCUT2D eigenvalue weighted by Gasteiger charge is 2.19. The van der Waals surface area contributed by atoms with Gasteiger partial charge in [0.1, 0.15) is 0 Å². The number of carbonyl (C=O) groups is 1. The van der Waals surface area contributed by atoms with Crippen LogP contribution in [0.5, 0.6) is 0 Å². The molecule has 4 nitrogen and oxygen atoms in total. The molecule has 0 spiro atoms. The summed E-state index contributed by atoms with van der Waals surface area (Å²) in [6.07, 6.45) is 2.61. The predicted molar refractivity (Wildman–Crippen MR) is 82.9 cm³/mol. The second-order valence-corrected chi connectivity index (χ2v) is 5.81. The van der Waals surface area contributed by atoms with Crippen molar-refractivity contribution in [3.63, 3.8) is 0 Å². The Hall–Kier alpha value is -1.55. The molecule has 0 saturated carbocycles. The van der Waals surface area contributed by atoms with Gasteiger partial charge in [-0.3, -0.25) is 4.79 Å². The summed E-state index contributed by atoms with van der Waals surface area (Å²) in [5.41, 5.74) is 9.83. The van der Waals surface area contributed by atoms with Gasteiger partial charge in [0.15, 0.2) is 0 Å². The largest absolute Gasteiger partial charge is 0.371 e. The van der Waals surface area contributed by atoms with E-state index in [4.69, 9.17) is 5.73 Å². The predicted octanol–water partition coefficient (Wildman–Crippen LogP) is 1.94. The van der Waals surface area contributed by atoms with Crippen molar-refractivity contribution >= 4 is 11.6 Å². The van der Waals surface area contributed by atoms with Gasteiger partial charge in [0.05, 0.1) is 0 Å². The number of nitrogens with two attached hydrogens (primary N) is 1. The fourth-order valence-electron chi connectivity index (χ4n) is 2.65. The summed E-state index contributed by atoms with van der Waals surface area (Å²) in [5.74, 6) is 0.205. The zero-order valence-electron chi connectivity index (χ0n) is 12.7. The Morgan fingerprint density at radius 3 is 2.85 bits per heavy atom. The van der Waals surface area contributed by atoms with Gasteiger partial charge in [-0.05, 0) is 37.0 Å². The van der Waals surface area contributed by atoms with Gasteiger partial charge in [-0.25, -0.2) is 0 Å². The third-order valence-electron chi connectivity index (χ3n) is 3.94. The maximum absolute atomic E-state index is 11.6. The minimum atomic E-state index is 0.0899. The molecule has 0 saturated heterocycles. The molecule has 0 fully saturated rings. The molecule has 1 amide bonds. The summed E-state index contributed by atoms with van der Waals surface area (Å²) in [5, 5.41) is 0. The first-order valence-electron chi connectivity index (χ1n) is 7.32. The Morgan fingerprint density at radius 2 is 2.20 bits per heavy atom. The maximum atomic E-state index is 11.6. The fourth-order valence-corrected chi connectivity index (χ4v) is 2.65. The number of hydrogen-bond acceptors (Lipinski definition) is 3. The lowest BCUT2D eigenvalue weighted by Gasteiger charge is -2.20. The lowest BCUT2D eigenvalue weighted by molar-refractivity contribution is -0.128. The Kier molecular flexibility index (Phi) is 4.65. The van der Waals surface area contributed by atoms with Gasteiger partial charge >= 0.3 is 0 Å². The average molecular weight is 275 g/mol. The van der Waals surface area contributed by atoms with Gasteiger partial charge < -0.3 is 15.5 Å². The molecule has 0 radical (unpaired) electrons. The molecule has 0 bridgehead atoms. The molecule has 1 aromatic carbocycles. The fraction of sp³-hybridized carbons (Fsp3) is 0.562. The van der Waals surface area contributed by atoms with E-state index in [-0.39, 0.29) is 11.9 Å². The Bertz CT molecular complexity index is 483. The van der Waals surface area contributed by atoms with E-state index in [2.05, 4.69) is 23.1 Å². The van der Waals surface area contributed by atoms with E-state index in [1.165, 1.54) is 16.8 Å². The van der Waals surface area contributed by atoms with Crippen LogP contribution in [0.15, 0.2) is 18.2 Å². The van der Waals surface area contributed by atoms with Gasteiger partial charge in [0.25, 0.3) is 0 Å². The average Bonchev–Trinajstić information content (AvgIpc) is 2.81. The number of benzene rings is 1. The molecular weight excluding hydrogens is 250 g/mol. The second kappa shape index (κ2) is 6.27. The highest BCUT2D eigenvalue weighted by molar-refractivity contribution is 5.75. The summed E-state index contributed by atoms with van der Waals surface area (Å²) >= 11 is 0. The van der Waals surface area contributed by atoms with Crippen molar-refractivity contribution in [1.29, 1.82) is 0 Å². The van der Waals surface area contributed by atoms with Gasteiger partial charge in [-0.2, -0.15) is 0 Å². The Balaban J connectivity index is 1.93. The number of rotatable bonds is 5. The molecule has 110 valence electrons. The van der Waals surface area contributed by atoms with E-state index in [1.54, 1.807) is 4.90 Å². The molecule has 1 aliphatic heterocycles. The van der Waals surface area contributed by atoms with Crippen LogP contribution < -0.4 is 10.6 Å². The van der Waals surface area contributed by atoms with Crippen molar-refractivity contribution in [2.24, 2.45) is 5.73 Å². The molecule has 1 atom stereocenters. The van der Waals surface area contributed by atoms with Gasteiger partial charge in [-0.15, -0.1) is 0 Å². The van der Waals surface area contributed by atoms with Crippen LogP contribution in [-0.2, 0) is 11.2 Å². The smallest absolute Gasteiger partial charge is 0.222 e. The molecule has 4 heteroatoms. The highest BCUT2D eigenvalue weighted by Crippen LogP contribution is 2.30. The number of carbonyl (C=O) groups excluding carboxylic acids is 1. The summed E-state index contributed by atoms with van der Waals surface area (Å²) in [4.78, 5) is 15.6. The standard InChI is InChI=1S/C16H25N3O/c1-12(17)13-6-7-15-14(11-13)8-10-19(15)9-4-5-16(20)18(2)3/h6-7,11-12H,4-5,8-10,17H2,1-3H3. The molecule has 1 heterocycles. The summed E-state index contributed by atoms with van der Waals surface area (Å²) in [7, 11) is 3.62. The van der Waals surface area contributed by atoms with E-state index in [9.17, 15) is 4.79 Å². The molecule has 20 heavy (non-hydrogen) atoms. The van der Waals surface area contributed by atoms with Crippen molar-refractivity contribution in [1.82, 2.24) is 4.90 Å². The molecule has 0 aliphatic carbocycles. The van der Waals surface area contributed by atoms with Crippen LogP contribution in [0, 0.1) is 0 Å². The Labute approximate surface area is 121 Å². The first-order chi connectivity index (χ1) is 9.49. The van der Waals surface area contributed by atoms with Gasteiger partial charge in [0, 0.05) is 45.3 Å². The van der Waals surface area contributed by atoms with Crippen LogP contribution in [0.3, 0.4) is 0 Å². The number of anilines is 1. The summed E-state index contributed by atoms with van der Waals surface area (Å²) < 4.78 is 0. The lowest BCUT2D eigenvalue weighted by Crippen LogP contribution is -2.25. The summed E-state index contributed by atoms with van der Waals surface area (Å²) in [6, 6.07) is 6.61. The molecule has 1 aliphatic rings. The first kappa shape index (κ1) is 14.9.